The molecule has 0 unspecified atom stereocenters. The summed E-state index contributed by atoms with van der Waals surface area (Å²) >= 11 is 13.4. The van der Waals surface area contributed by atoms with Crippen LogP contribution < -0.4 is 15.4 Å². The van der Waals surface area contributed by atoms with Crippen LogP contribution >= 0.6 is 23.2 Å². The maximum absolute atomic E-state index is 13.6. The molecule has 2 aromatic carbocycles. The number of hydrogen-bond donors (Lipinski definition) is 2. The predicted octanol–water partition coefficient (Wildman–Crippen LogP) is 7.60. The van der Waals surface area contributed by atoms with E-state index in [4.69, 9.17) is 27.9 Å². The molecule has 1 amide bonds. The molecule has 0 radical (unpaired) electrons. The summed E-state index contributed by atoms with van der Waals surface area (Å²) in [4.78, 5) is 39.8. The van der Waals surface area contributed by atoms with Crippen LogP contribution in [0.2, 0.25) is 10.0 Å². The zero-order valence-corrected chi connectivity index (χ0v) is 25.9. The first kappa shape index (κ1) is 29.4. The number of ether oxygens (including phenoxy) is 1. The lowest BCUT2D eigenvalue weighted by Crippen LogP contribution is -2.42. The van der Waals surface area contributed by atoms with Crippen molar-refractivity contribution in [1.82, 2.24) is 5.32 Å². The van der Waals surface area contributed by atoms with E-state index < -0.39 is 5.92 Å². The van der Waals surface area contributed by atoms with Gasteiger partial charge in [-0.3, -0.25) is 14.4 Å². The largest absolute Gasteiger partial charge is 0.481 e. The second-order valence-electron chi connectivity index (χ2n) is 13.1. The summed E-state index contributed by atoms with van der Waals surface area (Å²) in [6, 6.07) is 9.10. The minimum Gasteiger partial charge on any atom is -0.481 e. The fourth-order valence-electron chi connectivity index (χ4n) is 6.32. The molecule has 8 heteroatoms. The third kappa shape index (κ3) is 5.82. The number of carbonyl (C=O) groups excluding carboxylic acids is 3. The molecule has 6 nitrogen and oxygen atoms in total. The van der Waals surface area contributed by atoms with Gasteiger partial charge in [-0.25, -0.2) is 0 Å². The molecule has 0 fully saturated rings. The molecule has 2 aliphatic carbocycles. The number of nitrogens with one attached hydrogen (secondary N) is 2. The molecule has 1 heterocycles. The number of ketones is 2. The standard InChI is InChI=1S/C33H36Cl2N2O4/c1-17-8-7-9-22(18(17)2)37-27(40)16-41-31-20(34)10-19(11-21(31)35)28-29-23(12-32(3,4)14-25(29)38)36-24-13-33(5,6)15-26(39)30(24)28/h7-11,28,36H,12-16H2,1-6H3,(H,37,40). The third-order valence-corrected chi connectivity index (χ3v) is 8.86. The van der Waals surface area contributed by atoms with E-state index in [1.807, 2.05) is 32.0 Å². The van der Waals surface area contributed by atoms with Gasteiger partial charge in [-0.2, -0.15) is 0 Å². The minimum absolute atomic E-state index is 0.0219. The van der Waals surface area contributed by atoms with E-state index in [9.17, 15) is 14.4 Å². The van der Waals surface area contributed by atoms with Gasteiger partial charge in [-0.1, -0.05) is 63.0 Å². The van der Waals surface area contributed by atoms with Crippen molar-refractivity contribution in [2.75, 3.05) is 11.9 Å². The summed E-state index contributed by atoms with van der Waals surface area (Å²) in [6.07, 6.45) is 2.19. The average Bonchev–Trinajstić information content (AvgIpc) is 2.83. The van der Waals surface area contributed by atoms with Crippen LogP contribution in [0.1, 0.15) is 76.0 Å². The van der Waals surface area contributed by atoms with Gasteiger partial charge in [0.15, 0.2) is 23.9 Å². The van der Waals surface area contributed by atoms with Crippen molar-refractivity contribution in [3.63, 3.8) is 0 Å². The summed E-state index contributed by atoms with van der Waals surface area (Å²) < 4.78 is 5.78. The van der Waals surface area contributed by atoms with E-state index in [1.54, 1.807) is 12.1 Å². The lowest BCUT2D eigenvalue weighted by Gasteiger charge is -2.44. The monoisotopic (exact) mass is 594 g/mol. The highest BCUT2D eigenvalue weighted by Gasteiger charge is 2.46. The van der Waals surface area contributed by atoms with Crippen LogP contribution in [0.3, 0.4) is 0 Å². The summed E-state index contributed by atoms with van der Waals surface area (Å²) in [5, 5.41) is 6.80. The highest BCUT2D eigenvalue weighted by molar-refractivity contribution is 6.37. The second-order valence-corrected chi connectivity index (χ2v) is 13.9. The maximum Gasteiger partial charge on any atom is 0.262 e. The number of carbonyl (C=O) groups is 3. The topological polar surface area (TPSA) is 84.5 Å². The van der Waals surface area contributed by atoms with Crippen molar-refractivity contribution in [3.05, 3.63) is 79.6 Å². The third-order valence-electron chi connectivity index (χ3n) is 8.30. The van der Waals surface area contributed by atoms with Crippen molar-refractivity contribution < 1.29 is 19.1 Å². The Kier molecular flexibility index (Phi) is 7.62. The fourth-order valence-corrected chi connectivity index (χ4v) is 6.93. The van der Waals surface area contributed by atoms with Gasteiger partial charge in [0.2, 0.25) is 0 Å². The number of dihydropyridines is 1. The Balaban J connectivity index is 1.47. The number of hydrogen-bond acceptors (Lipinski definition) is 5. The summed E-state index contributed by atoms with van der Waals surface area (Å²) in [5.41, 5.74) is 6.02. The Morgan fingerprint density at radius 2 is 1.46 bits per heavy atom. The van der Waals surface area contributed by atoms with E-state index in [0.717, 1.165) is 22.5 Å². The second kappa shape index (κ2) is 10.6. The van der Waals surface area contributed by atoms with E-state index in [1.165, 1.54) is 0 Å². The SMILES string of the molecule is Cc1cccc(NC(=O)COc2c(Cl)cc(C3C4=C(CC(C)(C)CC4=O)NC4=C3C(=O)CC(C)(C)C4)cc2Cl)c1C. The fraction of sp³-hybridized carbons (Fsp3) is 0.424. The van der Waals surface area contributed by atoms with Crippen LogP contribution in [0.25, 0.3) is 0 Å². The molecule has 0 spiro atoms. The molecule has 1 aliphatic heterocycles. The molecule has 0 bridgehead atoms. The van der Waals surface area contributed by atoms with Gasteiger partial charge in [0.25, 0.3) is 5.91 Å². The van der Waals surface area contributed by atoms with Crippen molar-refractivity contribution >= 4 is 46.4 Å². The van der Waals surface area contributed by atoms with Crippen molar-refractivity contribution in [1.29, 1.82) is 0 Å². The zero-order valence-electron chi connectivity index (χ0n) is 24.4. The Bertz CT molecular complexity index is 1480. The molecule has 5 rings (SSSR count). The maximum atomic E-state index is 13.6. The Labute approximate surface area is 251 Å². The van der Waals surface area contributed by atoms with E-state index >= 15 is 0 Å². The van der Waals surface area contributed by atoms with Crippen LogP contribution in [0, 0.1) is 24.7 Å². The minimum atomic E-state index is -0.565. The summed E-state index contributed by atoms with van der Waals surface area (Å²) in [7, 11) is 0. The molecular formula is C33H36Cl2N2O4. The Morgan fingerprint density at radius 1 is 0.927 bits per heavy atom. The number of allylic oxidation sites excluding steroid dienone is 4. The first-order chi connectivity index (χ1) is 19.2. The van der Waals surface area contributed by atoms with Crippen molar-refractivity contribution in [2.45, 2.75) is 73.1 Å². The summed E-state index contributed by atoms with van der Waals surface area (Å²) in [6.45, 7) is 12.0. The van der Waals surface area contributed by atoms with Crippen LogP contribution in [0.15, 0.2) is 52.9 Å². The van der Waals surface area contributed by atoms with E-state index in [2.05, 4.69) is 38.3 Å². The molecule has 0 atom stereocenters. The van der Waals surface area contributed by atoms with Gasteiger partial charge in [0.1, 0.15) is 0 Å². The smallest absolute Gasteiger partial charge is 0.262 e. The average molecular weight is 596 g/mol. The van der Waals surface area contributed by atoms with Gasteiger partial charge in [-0.05, 0) is 72.4 Å². The van der Waals surface area contributed by atoms with E-state index in [-0.39, 0.29) is 50.7 Å². The van der Waals surface area contributed by atoms with Gasteiger partial charge in [0, 0.05) is 47.0 Å². The quantitative estimate of drug-likeness (QED) is 0.372. The molecule has 0 saturated heterocycles. The number of anilines is 1. The number of rotatable bonds is 5. The molecule has 41 heavy (non-hydrogen) atoms. The number of Topliss-reactive ketones (excluding diaryl/α,β-unsaturated/α-hetero) is 2. The molecule has 2 aromatic rings. The first-order valence-corrected chi connectivity index (χ1v) is 14.7. The lowest BCUT2D eigenvalue weighted by atomic mass is 9.64. The van der Waals surface area contributed by atoms with E-state index in [0.29, 0.717) is 48.1 Å². The van der Waals surface area contributed by atoms with Crippen LogP contribution in [-0.2, 0) is 14.4 Å². The van der Waals surface area contributed by atoms with Gasteiger partial charge in [0.05, 0.1) is 10.0 Å². The molecule has 0 aromatic heterocycles. The van der Waals surface area contributed by atoms with Gasteiger partial charge >= 0.3 is 0 Å². The molecular weight excluding hydrogens is 559 g/mol. The highest BCUT2D eigenvalue weighted by atomic mass is 35.5. The zero-order chi connectivity index (χ0) is 29.9. The molecule has 3 aliphatic rings. The van der Waals surface area contributed by atoms with Crippen LogP contribution in [0.4, 0.5) is 5.69 Å². The Hall–Kier alpha value is -3.09. The number of aryl methyl sites for hydroxylation is 1. The Morgan fingerprint density at radius 3 is 2.00 bits per heavy atom. The molecule has 2 N–H and O–H groups in total. The lowest BCUT2D eigenvalue weighted by molar-refractivity contribution is -0.119. The first-order valence-electron chi connectivity index (χ1n) is 13.9. The van der Waals surface area contributed by atoms with Crippen LogP contribution in [0.5, 0.6) is 5.75 Å². The number of benzene rings is 2. The number of amides is 1. The molecule has 216 valence electrons. The molecule has 0 saturated carbocycles. The normalized spacial score (nSPS) is 19.9. The number of halogens is 2. The van der Waals surface area contributed by atoms with Crippen molar-refractivity contribution in [3.8, 4) is 5.75 Å². The highest BCUT2D eigenvalue weighted by Crippen LogP contribution is 2.52. The van der Waals surface area contributed by atoms with Crippen molar-refractivity contribution in [2.24, 2.45) is 10.8 Å². The summed E-state index contributed by atoms with van der Waals surface area (Å²) in [5.74, 6) is -0.686. The van der Waals surface area contributed by atoms with Crippen LogP contribution in [-0.4, -0.2) is 24.1 Å². The predicted molar refractivity (Wildman–Crippen MR) is 162 cm³/mol. The van der Waals surface area contributed by atoms with Gasteiger partial charge < -0.3 is 15.4 Å². The van der Waals surface area contributed by atoms with Gasteiger partial charge in [-0.15, -0.1) is 0 Å².